The molecule has 0 amide bonds. The fourth-order valence-corrected chi connectivity index (χ4v) is 14.2. The summed E-state index contributed by atoms with van der Waals surface area (Å²) in [7, 11) is 0.821. The highest BCUT2D eigenvalue weighted by Crippen LogP contribution is 2.58. The molecule has 0 fully saturated rings. The van der Waals surface area contributed by atoms with Crippen LogP contribution >= 0.6 is 11.3 Å². The molecule has 0 spiro atoms. The van der Waals surface area contributed by atoms with Crippen LogP contribution in [0.1, 0.15) is 103 Å². The molecule has 14 rings (SSSR count). The first kappa shape index (κ1) is 40.5. The summed E-state index contributed by atoms with van der Waals surface area (Å²) in [6.07, 6.45) is 2.34. The van der Waals surface area contributed by atoms with Crippen LogP contribution in [0.5, 0.6) is 0 Å². The van der Waals surface area contributed by atoms with Crippen molar-refractivity contribution in [2.45, 2.75) is 96.8 Å². The van der Waals surface area contributed by atoms with Crippen molar-refractivity contribution in [1.82, 2.24) is 4.57 Å². The van der Waals surface area contributed by atoms with E-state index in [0.717, 1.165) is 40.6 Å². The van der Waals surface area contributed by atoms with Gasteiger partial charge in [0.05, 0.1) is 11.2 Å². The smallest absolute Gasteiger partial charge is 0.198 e. The Morgan fingerprint density at radius 3 is 2.09 bits per heavy atom. The molecule has 5 heteroatoms. The molecule has 11 aromatic rings. The van der Waals surface area contributed by atoms with Gasteiger partial charge in [0.2, 0.25) is 0 Å². The summed E-state index contributed by atoms with van der Waals surface area (Å²) in [6, 6.07) is 51.0. The van der Waals surface area contributed by atoms with E-state index in [9.17, 15) is 0 Å². The first-order chi connectivity index (χ1) is 32.6. The first-order valence-corrected chi connectivity index (χ1v) is 25.5. The number of para-hydroxylation sites is 1. The van der Waals surface area contributed by atoms with Gasteiger partial charge >= 0.3 is 0 Å². The normalized spacial score (nSPS) is 16.4. The highest BCUT2D eigenvalue weighted by Gasteiger charge is 2.44. The van der Waals surface area contributed by atoms with Crippen LogP contribution in [-0.2, 0) is 21.7 Å². The minimum absolute atomic E-state index is 0.0526. The number of anilines is 2. The summed E-state index contributed by atoms with van der Waals surface area (Å²) in [4.78, 5) is 0. The molecule has 0 bridgehead atoms. The summed E-state index contributed by atoms with van der Waals surface area (Å²) < 4.78 is 12.1. The van der Waals surface area contributed by atoms with E-state index < -0.39 is 0 Å². The number of rotatable bonds is 3. The summed E-state index contributed by atoms with van der Waals surface area (Å²) in [5, 5.41) is 11.8. The molecule has 0 atom stereocenters. The molecule has 1 aliphatic heterocycles. The van der Waals surface area contributed by atoms with Crippen LogP contribution in [0.4, 0.5) is 11.4 Å². The highest BCUT2D eigenvalue weighted by atomic mass is 32.1. The lowest BCUT2D eigenvalue weighted by atomic mass is 9.57. The van der Waals surface area contributed by atoms with Crippen molar-refractivity contribution in [2.24, 2.45) is 0 Å². The van der Waals surface area contributed by atoms with Crippen LogP contribution in [0.2, 0.25) is 0 Å². The number of fused-ring (bicyclic) bond motifs is 16. The largest absolute Gasteiger partial charge is 0.456 e. The molecule has 3 aliphatic rings. The number of thiophene rings is 1. The minimum atomic E-state index is -0.301. The van der Waals surface area contributed by atoms with E-state index in [2.05, 4.69) is 206 Å². The molecule has 0 saturated heterocycles. The topological polar surface area (TPSA) is 30.1 Å². The second kappa shape index (κ2) is 13.4. The van der Waals surface area contributed by atoms with Crippen molar-refractivity contribution in [3.8, 4) is 27.9 Å². The van der Waals surface area contributed by atoms with Crippen LogP contribution in [-0.4, -0.2) is 11.8 Å². The molecule has 0 unspecified atom stereocenters. The maximum atomic E-state index is 6.72. The average Bonchev–Trinajstić information content (AvgIpc) is 4.03. The number of benzene rings is 8. The van der Waals surface area contributed by atoms with Crippen LogP contribution in [0.3, 0.4) is 0 Å². The average molecular weight is 899 g/mol. The summed E-state index contributed by atoms with van der Waals surface area (Å²) in [5.41, 5.74) is 23.0. The lowest BCUT2D eigenvalue weighted by Crippen LogP contribution is -2.38. The standard InChI is InChI=1S/C63H55BN2OS/c1-60(2,3)34-22-24-35(25-23-34)65-47-33-51-39(36-16-11-14-20-50(36)67-51)28-41(47)56-57-54(38-18-10-13-19-43(38)63(57,8)9)55-42-29-44-45(62(6,7)27-26-61(44,4)5)31-48(42)66-49-30-40-37-17-12-15-21-52(37)68-53(40)32-46(49)64-58(56)59(55)66/h10-25,28-33,64-65H,26-27H2,1-9H3. The van der Waals surface area contributed by atoms with Gasteiger partial charge in [0, 0.05) is 75.7 Å². The maximum Gasteiger partial charge on any atom is 0.198 e. The van der Waals surface area contributed by atoms with Crippen LogP contribution in [0.25, 0.3) is 91.9 Å². The third-order valence-corrected chi connectivity index (χ3v) is 17.9. The fourth-order valence-electron chi connectivity index (χ4n) is 13.0. The fraction of sp³-hybridized carbons (Fsp3) is 0.238. The third kappa shape index (κ3) is 5.43. The molecule has 68 heavy (non-hydrogen) atoms. The number of nitrogens with one attached hydrogen (secondary N) is 1. The Hall–Kier alpha value is -6.56. The summed E-state index contributed by atoms with van der Waals surface area (Å²) in [5.74, 6) is 0. The molecule has 2 aliphatic carbocycles. The van der Waals surface area contributed by atoms with Gasteiger partial charge in [-0.15, -0.1) is 11.3 Å². The number of furan rings is 1. The molecule has 4 heterocycles. The van der Waals surface area contributed by atoms with Crippen molar-refractivity contribution in [2.75, 3.05) is 5.32 Å². The van der Waals surface area contributed by atoms with Gasteiger partial charge in [0.25, 0.3) is 0 Å². The molecule has 8 aromatic carbocycles. The molecular weight excluding hydrogens is 844 g/mol. The van der Waals surface area contributed by atoms with E-state index in [0.29, 0.717) is 0 Å². The van der Waals surface area contributed by atoms with Crippen molar-refractivity contribution in [3.63, 3.8) is 0 Å². The second-order valence-electron chi connectivity index (χ2n) is 23.2. The van der Waals surface area contributed by atoms with E-state index in [4.69, 9.17) is 4.42 Å². The van der Waals surface area contributed by atoms with Gasteiger partial charge in [-0.05, 0) is 134 Å². The zero-order valence-electron chi connectivity index (χ0n) is 40.6. The highest BCUT2D eigenvalue weighted by molar-refractivity contribution is 7.26. The SMILES string of the molecule is CC(C)(C)c1ccc(Nc2cc3oc4ccccc4c3cc2-c2c3c(c4c5cc6c(cc5n5c4c2Bc2cc4sc7ccccc7c4cc2-5)C(C)(C)CCC6(C)C)-c2ccccc2C3(C)C)cc1. The van der Waals surface area contributed by atoms with Crippen molar-refractivity contribution >= 4 is 105 Å². The van der Waals surface area contributed by atoms with Crippen molar-refractivity contribution in [1.29, 1.82) is 0 Å². The zero-order chi connectivity index (χ0) is 46.4. The van der Waals surface area contributed by atoms with Gasteiger partial charge in [0.15, 0.2) is 7.28 Å². The molecular formula is C63H55BN2OS. The Kier molecular flexibility index (Phi) is 7.96. The maximum absolute atomic E-state index is 6.72. The molecule has 3 aromatic heterocycles. The zero-order valence-corrected chi connectivity index (χ0v) is 41.4. The van der Waals surface area contributed by atoms with Crippen molar-refractivity contribution in [3.05, 3.63) is 161 Å². The predicted octanol–water partition coefficient (Wildman–Crippen LogP) is 16.1. The molecule has 1 N–H and O–H groups in total. The van der Waals surface area contributed by atoms with E-state index in [1.807, 2.05) is 11.3 Å². The van der Waals surface area contributed by atoms with Gasteiger partial charge in [0.1, 0.15) is 11.2 Å². The molecule has 332 valence electrons. The van der Waals surface area contributed by atoms with Crippen molar-refractivity contribution < 1.29 is 4.42 Å². The molecule has 3 nitrogen and oxygen atoms in total. The predicted molar refractivity (Wildman–Crippen MR) is 294 cm³/mol. The summed E-state index contributed by atoms with van der Waals surface area (Å²) >= 11 is 1.92. The minimum Gasteiger partial charge on any atom is -0.456 e. The quantitative estimate of drug-likeness (QED) is 0.179. The Balaban J connectivity index is 1.18. The Morgan fingerprint density at radius 2 is 1.31 bits per heavy atom. The van der Waals surface area contributed by atoms with Gasteiger partial charge in [-0.2, -0.15) is 0 Å². The third-order valence-electron chi connectivity index (χ3n) is 16.8. The van der Waals surface area contributed by atoms with E-state index in [1.54, 1.807) is 0 Å². The second-order valence-corrected chi connectivity index (χ2v) is 24.3. The van der Waals surface area contributed by atoms with Crippen LogP contribution < -0.4 is 16.2 Å². The lowest BCUT2D eigenvalue weighted by molar-refractivity contribution is 0.332. The lowest BCUT2D eigenvalue weighted by Gasteiger charge is -2.42. The summed E-state index contributed by atoms with van der Waals surface area (Å²) in [6.45, 7) is 21.7. The van der Waals surface area contributed by atoms with Gasteiger partial charge < -0.3 is 14.3 Å². The number of nitrogens with zero attached hydrogens (tertiary/aromatic N) is 1. The van der Waals surface area contributed by atoms with Gasteiger partial charge in [-0.1, -0.05) is 141 Å². The monoisotopic (exact) mass is 898 g/mol. The van der Waals surface area contributed by atoms with Gasteiger partial charge in [-0.3, -0.25) is 0 Å². The van der Waals surface area contributed by atoms with Gasteiger partial charge in [-0.25, -0.2) is 0 Å². The van der Waals surface area contributed by atoms with Crippen LogP contribution in [0, 0.1) is 0 Å². The Labute approximate surface area is 403 Å². The Bertz CT molecular complexity index is 4030. The van der Waals surface area contributed by atoms with E-state index in [-0.39, 0.29) is 21.7 Å². The first-order valence-electron chi connectivity index (χ1n) is 24.7. The number of aromatic nitrogens is 1. The Morgan fingerprint density at radius 1 is 0.603 bits per heavy atom. The van der Waals surface area contributed by atoms with E-state index >= 15 is 0 Å². The molecule has 0 radical (unpaired) electrons. The molecule has 0 saturated carbocycles. The van der Waals surface area contributed by atoms with E-state index in [1.165, 1.54) is 122 Å². The number of hydrogen-bond acceptors (Lipinski definition) is 3. The number of hydrogen-bond donors (Lipinski definition) is 1. The van der Waals surface area contributed by atoms with Crippen LogP contribution in [0.15, 0.2) is 138 Å².